The van der Waals surface area contributed by atoms with Crippen LogP contribution >= 0.6 is 0 Å². The summed E-state index contributed by atoms with van der Waals surface area (Å²) in [6.07, 6.45) is -3.75. The summed E-state index contributed by atoms with van der Waals surface area (Å²) in [7, 11) is -3.24. The second kappa shape index (κ2) is 7.18. The van der Waals surface area contributed by atoms with Crippen molar-refractivity contribution in [1.29, 1.82) is 0 Å². The van der Waals surface area contributed by atoms with Crippen LogP contribution in [0.25, 0.3) is 11.3 Å². The second-order valence-electron chi connectivity index (χ2n) is 7.04. The number of aromatic nitrogens is 1. The van der Waals surface area contributed by atoms with Gasteiger partial charge < -0.3 is 14.0 Å². The zero-order chi connectivity index (χ0) is 21.6. The molecule has 1 aromatic heterocycles. The third-order valence-electron chi connectivity index (χ3n) is 5.07. The molecule has 0 unspecified atom stereocenters. The fraction of sp³-hybridized carbons (Fsp3) is 0.412. The van der Waals surface area contributed by atoms with E-state index in [0.717, 1.165) is 0 Å². The van der Waals surface area contributed by atoms with Gasteiger partial charge in [0.25, 0.3) is 5.91 Å². The average molecular weight is 445 g/mol. The zero-order valence-corrected chi connectivity index (χ0v) is 16.2. The van der Waals surface area contributed by atoms with E-state index in [4.69, 9.17) is 9.73 Å². The number of amides is 1. The van der Waals surface area contributed by atoms with Gasteiger partial charge in [0.2, 0.25) is 0 Å². The Hall–Kier alpha value is -2.77. The van der Waals surface area contributed by atoms with E-state index in [1.807, 2.05) is 0 Å². The number of fused-ring (bicyclic) bond motifs is 1. The Morgan fingerprint density at radius 1 is 1.17 bits per heavy atom. The summed E-state index contributed by atoms with van der Waals surface area (Å²) >= 11 is 0. The van der Waals surface area contributed by atoms with Crippen molar-refractivity contribution in [3.8, 4) is 22.8 Å². The Morgan fingerprint density at radius 2 is 1.87 bits per heavy atom. The number of ether oxygens (including phenoxy) is 2. The monoisotopic (exact) mass is 445 g/mol. The fourth-order valence-electron chi connectivity index (χ4n) is 3.37. The van der Waals surface area contributed by atoms with E-state index in [0.29, 0.717) is 11.3 Å². The maximum atomic E-state index is 13.2. The summed E-state index contributed by atoms with van der Waals surface area (Å²) in [5.41, 5.74) is 1.10. The minimum absolute atomic E-state index is 0.0111. The van der Waals surface area contributed by atoms with Gasteiger partial charge in [-0.05, 0) is 31.0 Å². The van der Waals surface area contributed by atoms with Crippen LogP contribution < -0.4 is 20.3 Å². The number of nitrogens with one attached hydrogen (secondary N) is 2. The predicted octanol–water partition coefficient (Wildman–Crippen LogP) is 1.21. The lowest BCUT2D eigenvalue weighted by Crippen LogP contribution is -2.59. The summed E-state index contributed by atoms with van der Waals surface area (Å²) in [6, 6.07) is 5.66. The molecule has 0 spiro atoms. The Balaban J connectivity index is 1.48. The third-order valence-corrected chi connectivity index (χ3v) is 6.72. The normalized spacial score (nSPS) is 20.6. The van der Waals surface area contributed by atoms with Gasteiger partial charge in [-0.3, -0.25) is 15.3 Å². The van der Waals surface area contributed by atoms with Crippen LogP contribution in [0.1, 0.15) is 18.5 Å². The van der Waals surface area contributed by atoms with E-state index < -0.39 is 27.6 Å². The van der Waals surface area contributed by atoms with Gasteiger partial charge >= 0.3 is 6.29 Å². The van der Waals surface area contributed by atoms with Crippen LogP contribution in [0.2, 0.25) is 0 Å². The van der Waals surface area contributed by atoms with E-state index in [1.165, 1.54) is 24.3 Å². The van der Waals surface area contributed by atoms with Crippen molar-refractivity contribution in [3.63, 3.8) is 0 Å². The molecule has 1 saturated heterocycles. The van der Waals surface area contributed by atoms with Gasteiger partial charge in [-0.2, -0.15) is 0 Å². The first kappa shape index (κ1) is 20.5. The van der Waals surface area contributed by atoms with Crippen LogP contribution in [0, 0.1) is 0 Å². The van der Waals surface area contributed by atoms with Crippen molar-refractivity contribution in [2.45, 2.75) is 31.2 Å². The maximum Gasteiger partial charge on any atom is 0.586 e. The van der Waals surface area contributed by atoms with E-state index in [1.54, 1.807) is 5.48 Å². The van der Waals surface area contributed by atoms with Gasteiger partial charge in [0.1, 0.15) is 15.4 Å². The molecule has 0 saturated carbocycles. The molecule has 1 fully saturated rings. The molecule has 4 rings (SSSR count). The molecule has 30 heavy (non-hydrogen) atoms. The highest BCUT2D eigenvalue weighted by molar-refractivity contribution is 7.91. The summed E-state index contributed by atoms with van der Waals surface area (Å²) < 4.78 is 63.7. The van der Waals surface area contributed by atoms with Crippen molar-refractivity contribution >= 4 is 15.7 Å². The lowest BCUT2D eigenvalue weighted by Gasteiger charge is -2.35. The van der Waals surface area contributed by atoms with Crippen molar-refractivity contribution < 1.29 is 41.2 Å². The molecule has 1 amide bonds. The molecule has 2 aromatic rings. The van der Waals surface area contributed by atoms with Gasteiger partial charge in [0, 0.05) is 18.2 Å². The maximum absolute atomic E-state index is 13.2. The number of rotatable bonds is 5. The number of benzene rings is 1. The largest absolute Gasteiger partial charge is 0.586 e. The van der Waals surface area contributed by atoms with Crippen LogP contribution in [0.15, 0.2) is 28.8 Å². The number of hydrogen-bond donors (Lipinski definition) is 3. The predicted molar refractivity (Wildman–Crippen MR) is 95.5 cm³/mol. The van der Waals surface area contributed by atoms with Crippen molar-refractivity contribution in [3.05, 3.63) is 30.0 Å². The summed E-state index contributed by atoms with van der Waals surface area (Å²) in [6.45, 7) is 0.0413. The molecule has 0 bridgehead atoms. The summed E-state index contributed by atoms with van der Waals surface area (Å²) in [5, 5.41) is 15.9. The summed E-state index contributed by atoms with van der Waals surface area (Å²) in [4.78, 5) is 12.2. The zero-order valence-electron chi connectivity index (χ0n) is 15.4. The van der Waals surface area contributed by atoms with Gasteiger partial charge in [-0.1, -0.05) is 5.16 Å². The van der Waals surface area contributed by atoms with Gasteiger partial charge in [-0.25, -0.2) is 13.9 Å². The van der Waals surface area contributed by atoms with E-state index in [9.17, 15) is 22.0 Å². The highest BCUT2D eigenvalue weighted by Gasteiger charge is 2.44. The van der Waals surface area contributed by atoms with E-state index in [-0.39, 0.29) is 48.2 Å². The number of nitrogens with zero attached hydrogens (tertiary/aromatic N) is 1. The minimum atomic E-state index is -3.73. The highest BCUT2D eigenvalue weighted by atomic mass is 32.2. The Labute approximate surface area is 169 Å². The molecule has 2 aliphatic heterocycles. The molecule has 10 nitrogen and oxygen atoms in total. The number of hydroxylamine groups is 1. The van der Waals surface area contributed by atoms with Crippen LogP contribution in [0.3, 0.4) is 0 Å². The van der Waals surface area contributed by atoms with Crippen LogP contribution in [0.5, 0.6) is 11.5 Å². The fourth-order valence-corrected chi connectivity index (χ4v) is 4.89. The highest BCUT2D eigenvalue weighted by Crippen LogP contribution is 2.43. The molecular formula is C17H17F2N3O7S. The standard InChI is InChI=1S/C17H17F2N3O7S/c18-17(19)27-12-2-1-10(7-14(12)28-17)13-8-11(22-29-13)9-20-16(15(23)21-24)3-5-30(25,26)6-4-16/h1-2,7-8,20,24H,3-6,9H2,(H,21,23). The number of halogens is 2. The van der Waals surface area contributed by atoms with E-state index >= 15 is 0 Å². The van der Waals surface area contributed by atoms with Crippen LogP contribution in [-0.2, 0) is 21.2 Å². The first-order chi connectivity index (χ1) is 14.1. The Morgan fingerprint density at radius 3 is 2.57 bits per heavy atom. The molecule has 1 aromatic carbocycles. The van der Waals surface area contributed by atoms with Crippen LogP contribution in [0.4, 0.5) is 8.78 Å². The Bertz CT molecular complexity index is 1070. The quantitative estimate of drug-likeness (QED) is 0.457. The number of alkyl halides is 2. The van der Waals surface area contributed by atoms with Gasteiger partial charge in [0.15, 0.2) is 17.3 Å². The molecule has 0 aliphatic carbocycles. The number of hydrogen-bond acceptors (Lipinski definition) is 9. The third kappa shape index (κ3) is 3.95. The molecule has 162 valence electrons. The average Bonchev–Trinajstić information content (AvgIpc) is 3.28. The van der Waals surface area contributed by atoms with Gasteiger partial charge in [-0.15, -0.1) is 8.78 Å². The smallest absolute Gasteiger partial charge is 0.395 e. The van der Waals surface area contributed by atoms with Crippen molar-refractivity contribution in [2.75, 3.05) is 11.5 Å². The minimum Gasteiger partial charge on any atom is -0.395 e. The lowest BCUT2D eigenvalue weighted by molar-refractivity contribution is -0.286. The van der Waals surface area contributed by atoms with Crippen LogP contribution in [-0.4, -0.2) is 48.0 Å². The van der Waals surface area contributed by atoms with Crippen molar-refractivity contribution in [1.82, 2.24) is 16.0 Å². The molecular weight excluding hydrogens is 428 g/mol. The topological polar surface area (TPSA) is 140 Å². The van der Waals surface area contributed by atoms with Crippen molar-refractivity contribution in [2.24, 2.45) is 0 Å². The lowest BCUT2D eigenvalue weighted by atomic mass is 9.91. The van der Waals surface area contributed by atoms with E-state index in [2.05, 4.69) is 19.9 Å². The number of carbonyl (C=O) groups excluding carboxylic acids is 1. The molecule has 2 aliphatic rings. The SMILES string of the molecule is O=C(NO)C1(NCc2cc(-c3ccc4c(c3)OC(F)(F)O4)on2)CCS(=O)(=O)CC1. The molecule has 13 heteroatoms. The molecule has 3 heterocycles. The summed E-state index contributed by atoms with van der Waals surface area (Å²) in [5.74, 6) is -1.11. The second-order valence-corrected chi connectivity index (χ2v) is 9.34. The first-order valence-electron chi connectivity index (χ1n) is 8.87. The number of carbonyl (C=O) groups is 1. The Kier molecular flexibility index (Phi) is 4.91. The first-order valence-corrected chi connectivity index (χ1v) is 10.7. The molecule has 0 atom stereocenters. The number of sulfone groups is 1. The van der Waals surface area contributed by atoms with Gasteiger partial charge in [0.05, 0.1) is 17.2 Å². The molecule has 3 N–H and O–H groups in total. The molecule has 0 radical (unpaired) electrons.